The molecular formula is C13H24N4O. The van der Waals surface area contributed by atoms with E-state index < -0.39 is 0 Å². The highest BCUT2D eigenvalue weighted by Gasteiger charge is 2.06. The predicted molar refractivity (Wildman–Crippen MR) is 72.2 cm³/mol. The van der Waals surface area contributed by atoms with E-state index in [1.54, 1.807) is 19.0 Å². The van der Waals surface area contributed by atoms with Crippen molar-refractivity contribution in [3.05, 3.63) is 17.5 Å². The molecule has 1 heterocycles. The molecule has 1 N–H and O–H groups in total. The first kappa shape index (κ1) is 14.7. The van der Waals surface area contributed by atoms with Gasteiger partial charge in [-0.1, -0.05) is 6.92 Å². The molecule has 0 aliphatic rings. The molecule has 5 heteroatoms. The van der Waals surface area contributed by atoms with Crippen LogP contribution in [0.3, 0.4) is 0 Å². The maximum absolute atomic E-state index is 11.4. The largest absolute Gasteiger partial charge is 0.349 e. The molecule has 0 saturated heterocycles. The Morgan fingerprint density at radius 2 is 2.22 bits per heavy atom. The minimum absolute atomic E-state index is 0.187. The summed E-state index contributed by atoms with van der Waals surface area (Å²) in [6.07, 6.45) is 4.49. The molecule has 1 amide bonds. The minimum Gasteiger partial charge on any atom is -0.349 e. The summed E-state index contributed by atoms with van der Waals surface area (Å²) in [5, 5.41) is 7.76. The summed E-state index contributed by atoms with van der Waals surface area (Å²) < 4.78 is 1.85. The van der Waals surface area contributed by atoms with Crippen LogP contribution >= 0.6 is 0 Å². The maximum Gasteiger partial charge on any atom is 0.222 e. The lowest BCUT2D eigenvalue weighted by Crippen LogP contribution is -2.23. The SMILES string of the molecule is CCc1nn(C)cc1CNCCCC(=O)N(C)C. The van der Waals surface area contributed by atoms with E-state index in [2.05, 4.69) is 23.5 Å². The van der Waals surface area contributed by atoms with Gasteiger partial charge in [-0.3, -0.25) is 9.48 Å². The Morgan fingerprint density at radius 3 is 2.83 bits per heavy atom. The van der Waals surface area contributed by atoms with E-state index in [0.717, 1.165) is 31.6 Å². The molecule has 1 rings (SSSR count). The van der Waals surface area contributed by atoms with Gasteiger partial charge in [0, 0.05) is 45.9 Å². The number of nitrogens with zero attached hydrogens (tertiary/aromatic N) is 3. The first-order valence-corrected chi connectivity index (χ1v) is 6.46. The standard InChI is InChI=1S/C13H24N4O/c1-5-12-11(10-17(4)15-12)9-14-8-6-7-13(18)16(2)3/h10,14H,5-9H2,1-4H3. The molecule has 0 fully saturated rings. The zero-order valence-electron chi connectivity index (χ0n) is 11.9. The highest BCUT2D eigenvalue weighted by Crippen LogP contribution is 2.06. The van der Waals surface area contributed by atoms with E-state index in [-0.39, 0.29) is 5.91 Å². The van der Waals surface area contributed by atoms with Crippen molar-refractivity contribution in [3.63, 3.8) is 0 Å². The lowest BCUT2D eigenvalue weighted by Gasteiger charge is -2.10. The van der Waals surface area contributed by atoms with Gasteiger partial charge in [-0.15, -0.1) is 0 Å². The zero-order valence-corrected chi connectivity index (χ0v) is 11.9. The fourth-order valence-corrected chi connectivity index (χ4v) is 1.84. The van der Waals surface area contributed by atoms with Crippen LogP contribution in [0.25, 0.3) is 0 Å². The number of carbonyl (C=O) groups is 1. The van der Waals surface area contributed by atoms with Gasteiger partial charge in [0.05, 0.1) is 5.69 Å². The van der Waals surface area contributed by atoms with Crippen LogP contribution in [-0.4, -0.2) is 41.2 Å². The molecule has 0 aromatic carbocycles. The Kier molecular flexibility index (Phi) is 5.85. The van der Waals surface area contributed by atoms with E-state index in [1.165, 1.54) is 5.56 Å². The van der Waals surface area contributed by atoms with Crippen LogP contribution in [0.2, 0.25) is 0 Å². The lowest BCUT2D eigenvalue weighted by molar-refractivity contribution is -0.128. The van der Waals surface area contributed by atoms with Crippen molar-refractivity contribution in [2.45, 2.75) is 32.7 Å². The third kappa shape index (κ3) is 4.49. The summed E-state index contributed by atoms with van der Waals surface area (Å²) in [4.78, 5) is 13.0. The summed E-state index contributed by atoms with van der Waals surface area (Å²) in [6, 6.07) is 0. The van der Waals surface area contributed by atoms with E-state index in [4.69, 9.17) is 0 Å². The first-order valence-electron chi connectivity index (χ1n) is 6.46. The molecule has 0 bridgehead atoms. The van der Waals surface area contributed by atoms with Crippen LogP contribution in [0.15, 0.2) is 6.20 Å². The molecule has 0 saturated carbocycles. The van der Waals surface area contributed by atoms with Crippen molar-refractivity contribution < 1.29 is 4.79 Å². The Balaban J connectivity index is 2.23. The van der Waals surface area contributed by atoms with Crippen LogP contribution in [0, 0.1) is 0 Å². The normalized spacial score (nSPS) is 10.7. The molecule has 0 unspecified atom stereocenters. The number of rotatable bonds is 7. The van der Waals surface area contributed by atoms with Crippen molar-refractivity contribution >= 4 is 5.91 Å². The average molecular weight is 252 g/mol. The number of hydrogen-bond acceptors (Lipinski definition) is 3. The average Bonchev–Trinajstić information content (AvgIpc) is 2.68. The second kappa shape index (κ2) is 7.16. The summed E-state index contributed by atoms with van der Waals surface area (Å²) in [6.45, 7) is 3.80. The van der Waals surface area contributed by atoms with Crippen LogP contribution in [0.4, 0.5) is 0 Å². The van der Waals surface area contributed by atoms with Gasteiger partial charge in [-0.25, -0.2) is 0 Å². The quantitative estimate of drug-likeness (QED) is 0.735. The highest BCUT2D eigenvalue weighted by atomic mass is 16.2. The molecule has 0 aliphatic heterocycles. The van der Waals surface area contributed by atoms with E-state index >= 15 is 0 Å². The van der Waals surface area contributed by atoms with E-state index in [0.29, 0.717) is 6.42 Å². The number of nitrogens with one attached hydrogen (secondary N) is 1. The summed E-state index contributed by atoms with van der Waals surface area (Å²) in [5.41, 5.74) is 2.40. The maximum atomic E-state index is 11.4. The molecular weight excluding hydrogens is 228 g/mol. The van der Waals surface area contributed by atoms with Gasteiger partial charge >= 0.3 is 0 Å². The monoisotopic (exact) mass is 252 g/mol. The number of aromatic nitrogens is 2. The van der Waals surface area contributed by atoms with Gasteiger partial charge in [-0.05, 0) is 19.4 Å². The Bertz CT molecular complexity index is 384. The summed E-state index contributed by atoms with van der Waals surface area (Å²) in [5.74, 6) is 0.187. The van der Waals surface area contributed by atoms with E-state index in [1.807, 2.05) is 11.7 Å². The van der Waals surface area contributed by atoms with Gasteiger partial charge in [-0.2, -0.15) is 5.10 Å². The molecule has 0 spiro atoms. The molecule has 0 radical (unpaired) electrons. The molecule has 1 aromatic rings. The van der Waals surface area contributed by atoms with Crippen LogP contribution in [-0.2, 0) is 24.8 Å². The molecule has 5 nitrogen and oxygen atoms in total. The highest BCUT2D eigenvalue weighted by molar-refractivity contribution is 5.75. The minimum atomic E-state index is 0.187. The third-order valence-corrected chi connectivity index (χ3v) is 2.89. The number of carbonyl (C=O) groups excluding carboxylic acids is 1. The van der Waals surface area contributed by atoms with Gasteiger partial charge in [0.1, 0.15) is 0 Å². The Morgan fingerprint density at radius 1 is 1.50 bits per heavy atom. The predicted octanol–water partition coefficient (Wildman–Crippen LogP) is 0.941. The van der Waals surface area contributed by atoms with Crippen molar-refractivity contribution in [1.29, 1.82) is 0 Å². The first-order chi connectivity index (χ1) is 8.54. The molecule has 1 aromatic heterocycles. The van der Waals surface area contributed by atoms with Gasteiger partial charge < -0.3 is 10.2 Å². The second-order valence-corrected chi connectivity index (χ2v) is 4.70. The Labute approximate surface area is 109 Å². The van der Waals surface area contributed by atoms with Crippen molar-refractivity contribution in [1.82, 2.24) is 20.0 Å². The second-order valence-electron chi connectivity index (χ2n) is 4.70. The van der Waals surface area contributed by atoms with Crippen molar-refractivity contribution in [3.8, 4) is 0 Å². The third-order valence-electron chi connectivity index (χ3n) is 2.89. The summed E-state index contributed by atoms with van der Waals surface area (Å²) >= 11 is 0. The van der Waals surface area contributed by atoms with Crippen molar-refractivity contribution in [2.75, 3.05) is 20.6 Å². The topological polar surface area (TPSA) is 50.2 Å². The van der Waals surface area contributed by atoms with Crippen molar-refractivity contribution in [2.24, 2.45) is 7.05 Å². The number of amides is 1. The van der Waals surface area contributed by atoms with Gasteiger partial charge in [0.25, 0.3) is 0 Å². The fraction of sp³-hybridized carbons (Fsp3) is 0.692. The van der Waals surface area contributed by atoms with Gasteiger partial charge in [0.2, 0.25) is 5.91 Å². The fourth-order valence-electron chi connectivity index (χ4n) is 1.84. The smallest absolute Gasteiger partial charge is 0.222 e. The molecule has 18 heavy (non-hydrogen) atoms. The lowest BCUT2D eigenvalue weighted by atomic mass is 10.2. The Hall–Kier alpha value is -1.36. The molecule has 0 aliphatic carbocycles. The number of hydrogen-bond donors (Lipinski definition) is 1. The van der Waals surface area contributed by atoms with Crippen LogP contribution < -0.4 is 5.32 Å². The molecule has 0 atom stereocenters. The van der Waals surface area contributed by atoms with E-state index in [9.17, 15) is 4.79 Å². The van der Waals surface area contributed by atoms with Crippen LogP contribution in [0.5, 0.6) is 0 Å². The number of aryl methyl sites for hydroxylation is 2. The summed E-state index contributed by atoms with van der Waals surface area (Å²) in [7, 11) is 5.52. The molecule has 102 valence electrons. The zero-order chi connectivity index (χ0) is 13.5. The van der Waals surface area contributed by atoms with Gasteiger partial charge in [0.15, 0.2) is 0 Å². The van der Waals surface area contributed by atoms with Crippen LogP contribution in [0.1, 0.15) is 31.0 Å².